The maximum absolute atomic E-state index is 6.09. The summed E-state index contributed by atoms with van der Waals surface area (Å²) in [6.07, 6.45) is 11.1. The Balaban J connectivity index is 1.81. The van der Waals surface area contributed by atoms with Gasteiger partial charge < -0.3 is 10.2 Å². The van der Waals surface area contributed by atoms with Crippen LogP contribution < -0.4 is 5.73 Å². The Morgan fingerprint density at radius 1 is 1.33 bits per heavy atom. The van der Waals surface area contributed by atoms with Gasteiger partial charge >= 0.3 is 0 Å². The van der Waals surface area contributed by atoms with E-state index >= 15 is 0 Å². The number of rotatable bonds is 4. The molecule has 1 atom stereocenters. The summed E-state index contributed by atoms with van der Waals surface area (Å²) in [5.74, 6) is 0.999. The molecule has 1 unspecified atom stereocenters. The molecular formula is C13H19NO. The van der Waals surface area contributed by atoms with Crippen LogP contribution in [-0.2, 0) is 6.42 Å². The molecule has 0 bridgehead atoms. The molecule has 1 heterocycles. The minimum atomic E-state index is 0.209. The van der Waals surface area contributed by atoms with Crippen molar-refractivity contribution < 1.29 is 4.42 Å². The van der Waals surface area contributed by atoms with Crippen molar-refractivity contribution in [3.05, 3.63) is 35.8 Å². The van der Waals surface area contributed by atoms with E-state index in [1.165, 1.54) is 25.7 Å². The molecule has 0 fully saturated rings. The zero-order chi connectivity index (χ0) is 10.5. The summed E-state index contributed by atoms with van der Waals surface area (Å²) in [5.41, 5.74) is 7.64. The first kappa shape index (κ1) is 10.5. The van der Waals surface area contributed by atoms with Crippen molar-refractivity contribution in [2.75, 3.05) is 0 Å². The molecule has 0 amide bonds. The van der Waals surface area contributed by atoms with Gasteiger partial charge in [-0.25, -0.2) is 0 Å². The smallest absolute Gasteiger partial charge is 0.105 e. The Labute approximate surface area is 91.2 Å². The van der Waals surface area contributed by atoms with Crippen LogP contribution in [0.25, 0.3) is 0 Å². The van der Waals surface area contributed by atoms with Gasteiger partial charge in [0.15, 0.2) is 0 Å². The van der Waals surface area contributed by atoms with Crippen molar-refractivity contribution in [3.63, 3.8) is 0 Å². The number of furan rings is 1. The van der Waals surface area contributed by atoms with Crippen LogP contribution in [0.5, 0.6) is 0 Å². The normalized spacial score (nSPS) is 18.6. The largest absolute Gasteiger partial charge is 0.469 e. The van der Waals surface area contributed by atoms with Gasteiger partial charge in [-0.05, 0) is 44.2 Å². The van der Waals surface area contributed by atoms with Gasteiger partial charge in [0, 0.05) is 12.5 Å². The standard InChI is InChI=1S/C13H19NO/c14-12(10-13-7-4-8-15-13)9-11-5-2-1-3-6-11/h4-5,7-8,12H,1-3,6,9-10,14H2. The summed E-state index contributed by atoms with van der Waals surface area (Å²) >= 11 is 0. The van der Waals surface area contributed by atoms with Crippen molar-refractivity contribution in [2.24, 2.45) is 5.73 Å². The summed E-state index contributed by atoms with van der Waals surface area (Å²) in [7, 11) is 0. The summed E-state index contributed by atoms with van der Waals surface area (Å²) in [6.45, 7) is 0. The zero-order valence-electron chi connectivity index (χ0n) is 9.11. The fraction of sp³-hybridized carbons (Fsp3) is 0.538. The van der Waals surface area contributed by atoms with Crippen LogP contribution in [0.1, 0.15) is 37.9 Å². The molecule has 2 nitrogen and oxygen atoms in total. The highest BCUT2D eigenvalue weighted by atomic mass is 16.3. The minimum absolute atomic E-state index is 0.209. The molecule has 0 saturated heterocycles. The zero-order valence-corrected chi connectivity index (χ0v) is 9.11. The van der Waals surface area contributed by atoms with E-state index in [-0.39, 0.29) is 6.04 Å². The monoisotopic (exact) mass is 205 g/mol. The van der Waals surface area contributed by atoms with Crippen LogP contribution in [0.2, 0.25) is 0 Å². The second-order valence-electron chi connectivity index (χ2n) is 4.36. The van der Waals surface area contributed by atoms with E-state index in [1.807, 2.05) is 12.1 Å². The summed E-state index contributed by atoms with van der Waals surface area (Å²) < 4.78 is 5.29. The second kappa shape index (κ2) is 5.17. The predicted octanol–water partition coefficient (Wildman–Crippen LogP) is 3.04. The molecule has 2 rings (SSSR count). The van der Waals surface area contributed by atoms with Gasteiger partial charge in [-0.2, -0.15) is 0 Å². The topological polar surface area (TPSA) is 39.2 Å². The molecule has 1 aromatic rings. The van der Waals surface area contributed by atoms with Crippen LogP contribution in [0.15, 0.2) is 34.5 Å². The summed E-state index contributed by atoms with van der Waals surface area (Å²) in [6, 6.07) is 4.12. The first-order valence-corrected chi connectivity index (χ1v) is 5.80. The van der Waals surface area contributed by atoms with Gasteiger partial charge in [0.25, 0.3) is 0 Å². The fourth-order valence-electron chi connectivity index (χ4n) is 2.19. The molecule has 0 radical (unpaired) electrons. The number of allylic oxidation sites excluding steroid dienone is 1. The number of nitrogens with two attached hydrogens (primary N) is 1. The Morgan fingerprint density at radius 3 is 2.93 bits per heavy atom. The third-order valence-electron chi connectivity index (χ3n) is 2.95. The third-order valence-corrected chi connectivity index (χ3v) is 2.95. The molecule has 0 aliphatic heterocycles. The Morgan fingerprint density at radius 2 is 2.27 bits per heavy atom. The average Bonchev–Trinajstić information content (AvgIpc) is 2.71. The van der Waals surface area contributed by atoms with E-state index in [9.17, 15) is 0 Å². The highest BCUT2D eigenvalue weighted by Crippen LogP contribution is 2.21. The highest BCUT2D eigenvalue weighted by molar-refractivity contribution is 5.09. The lowest BCUT2D eigenvalue weighted by Crippen LogP contribution is -2.23. The molecule has 82 valence electrons. The van der Waals surface area contributed by atoms with E-state index in [0.29, 0.717) is 0 Å². The van der Waals surface area contributed by atoms with Gasteiger partial charge in [0.1, 0.15) is 5.76 Å². The van der Waals surface area contributed by atoms with E-state index in [4.69, 9.17) is 10.2 Å². The maximum Gasteiger partial charge on any atom is 0.105 e. The van der Waals surface area contributed by atoms with Gasteiger partial charge in [-0.1, -0.05) is 11.6 Å². The van der Waals surface area contributed by atoms with Crippen molar-refractivity contribution in [1.82, 2.24) is 0 Å². The first-order chi connectivity index (χ1) is 7.34. The van der Waals surface area contributed by atoms with Crippen molar-refractivity contribution >= 4 is 0 Å². The fourth-order valence-corrected chi connectivity index (χ4v) is 2.19. The molecule has 15 heavy (non-hydrogen) atoms. The first-order valence-electron chi connectivity index (χ1n) is 5.80. The number of hydrogen-bond donors (Lipinski definition) is 1. The lowest BCUT2D eigenvalue weighted by Gasteiger charge is -2.16. The average molecular weight is 205 g/mol. The maximum atomic E-state index is 6.09. The molecule has 1 aromatic heterocycles. The van der Waals surface area contributed by atoms with Crippen LogP contribution in [-0.4, -0.2) is 6.04 Å². The third kappa shape index (κ3) is 3.24. The van der Waals surface area contributed by atoms with Crippen molar-refractivity contribution in [1.29, 1.82) is 0 Å². The Bertz CT molecular complexity index is 313. The van der Waals surface area contributed by atoms with E-state index in [0.717, 1.165) is 18.6 Å². The Hall–Kier alpha value is -1.02. The second-order valence-corrected chi connectivity index (χ2v) is 4.36. The lowest BCUT2D eigenvalue weighted by molar-refractivity contribution is 0.479. The molecule has 2 heteroatoms. The summed E-state index contributed by atoms with van der Waals surface area (Å²) in [4.78, 5) is 0. The van der Waals surface area contributed by atoms with Crippen molar-refractivity contribution in [3.8, 4) is 0 Å². The lowest BCUT2D eigenvalue weighted by atomic mass is 9.93. The van der Waals surface area contributed by atoms with E-state index in [1.54, 1.807) is 11.8 Å². The van der Waals surface area contributed by atoms with Crippen LogP contribution in [0, 0.1) is 0 Å². The molecule has 0 aromatic carbocycles. The van der Waals surface area contributed by atoms with Gasteiger partial charge in [-0.15, -0.1) is 0 Å². The predicted molar refractivity (Wildman–Crippen MR) is 61.6 cm³/mol. The molecule has 1 aliphatic carbocycles. The Kier molecular flexibility index (Phi) is 3.62. The SMILES string of the molecule is NC(CC1=CCCCC1)Cc1ccco1. The van der Waals surface area contributed by atoms with Crippen LogP contribution >= 0.6 is 0 Å². The van der Waals surface area contributed by atoms with Crippen LogP contribution in [0.4, 0.5) is 0 Å². The van der Waals surface area contributed by atoms with Gasteiger partial charge in [0.05, 0.1) is 6.26 Å². The van der Waals surface area contributed by atoms with E-state index in [2.05, 4.69) is 6.08 Å². The summed E-state index contributed by atoms with van der Waals surface area (Å²) in [5, 5.41) is 0. The number of hydrogen-bond acceptors (Lipinski definition) is 2. The molecule has 0 saturated carbocycles. The van der Waals surface area contributed by atoms with E-state index < -0.39 is 0 Å². The highest BCUT2D eigenvalue weighted by Gasteiger charge is 2.10. The van der Waals surface area contributed by atoms with Crippen LogP contribution in [0.3, 0.4) is 0 Å². The van der Waals surface area contributed by atoms with Crippen molar-refractivity contribution in [2.45, 2.75) is 44.6 Å². The molecule has 2 N–H and O–H groups in total. The van der Waals surface area contributed by atoms with Gasteiger partial charge in [0.2, 0.25) is 0 Å². The minimum Gasteiger partial charge on any atom is -0.469 e. The molecule has 1 aliphatic rings. The van der Waals surface area contributed by atoms with Gasteiger partial charge in [-0.3, -0.25) is 0 Å². The molecule has 0 spiro atoms. The molecular weight excluding hydrogens is 186 g/mol. The quantitative estimate of drug-likeness (QED) is 0.767.